The summed E-state index contributed by atoms with van der Waals surface area (Å²) in [5, 5.41) is 3.75. The lowest BCUT2D eigenvalue weighted by molar-refractivity contribution is -0.139. The number of anilines is 1. The van der Waals surface area contributed by atoms with Gasteiger partial charge in [0.2, 0.25) is 11.8 Å². The molecule has 1 N–H and O–H groups in total. The van der Waals surface area contributed by atoms with Gasteiger partial charge in [0.15, 0.2) is 0 Å². The van der Waals surface area contributed by atoms with Gasteiger partial charge >= 0.3 is 0 Å². The summed E-state index contributed by atoms with van der Waals surface area (Å²) in [7, 11) is -4.14. The van der Waals surface area contributed by atoms with Crippen molar-refractivity contribution < 1.29 is 18.0 Å². The summed E-state index contributed by atoms with van der Waals surface area (Å²) in [6.45, 7) is 5.14. The number of carbonyl (C=O) groups is 2. The topological polar surface area (TPSA) is 86.8 Å². The fourth-order valence-electron chi connectivity index (χ4n) is 5.10. The monoisotopic (exact) mass is 629 g/mol. The van der Waals surface area contributed by atoms with E-state index < -0.39 is 28.5 Å². The first-order chi connectivity index (χ1) is 20.0. The van der Waals surface area contributed by atoms with Gasteiger partial charge in [0.25, 0.3) is 10.0 Å². The number of rotatable bonds is 11. The lowest BCUT2D eigenvalue weighted by Gasteiger charge is -2.33. The van der Waals surface area contributed by atoms with Gasteiger partial charge in [-0.15, -0.1) is 0 Å². The average molecular weight is 631 g/mol. The summed E-state index contributed by atoms with van der Waals surface area (Å²) in [6.07, 6.45) is 3.86. The van der Waals surface area contributed by atoms with E-state index in [1.807, 2.05) is 26.0 Å². The number of nitrogens with one attached hydrogen (secondary N) is 1. The Morgan fingerprint density at radius 1 is 0.881 bits per heavy atom. The Morgan fingerprint density at radius 2 is 1.48 bits per heavy atom. The van der Waals surface area contributed by atoms with Crippen molar-refractivity contribution in [2.45, 2.75) is 75.9 Å². The smallest absolute Gasteiger partial charge is 0.264 e. The van der Waals surface area contributed by atoms with Crippen LogP contribution in [0.3, 0.4) is 0 Å². The second-order valence-electron chi connectivity index (χ2n) is 11.0. The van der Waals surface area contributed by atoms with Gasteiger partial charge < -0.3 is 10.2 Å². The van der Waals surface area contributed by atoms with Crippen LogP contribution in [-0.2, 0) is 26.2 Å². The number of hydrogen-bond acceptors (Lipinski definition) is 4. The number of hydrogen-bond donors (Lipinski definition) is 1. The van der Waals surface area contributed by atoms with Gasteiger partial charge in [-0.05, 0) is 67.6 Å². The van der Waals surface area contributed by atoms with Crippen LogP contribution in [0.25, 0.3) is 0 Å². The number of benzene rings is 3. The van der Waals surface area contributed by atoms with E-state index in [2.05, 4.69) is 5.32 Å². The molecule has 1 saturated carbocycles. The third-order valence-corrected chi connectivity index (χ3v) is 10.2. The van der Waals surface area contributed by atoms with Crippen LogP contribution in [0, 0.1) is 0 Å². The molecule has 1 aliphatic carbocycles. The molecule has 0 saturated heterocycles. The van der Waals surface area contributed by atoms with Gasteiger partial charge in [-0.3, -0.25) is 13.9 Å². The fraction of sp³-hybridized carbons (Fsp3) is 0.375. The highest BCUT2D eigenvalue weighted by Gasteiger charge is 2.34. The van der Waals surface area contributed by atoms with Gasteiger partial charge in [0, 0.05) is 28.2 Å². The number of sulfonamides is 1. The number of carbonyl (C=O) groups excluding carboxylic acids is 2. The molecule has 1 unspecified atom stereocenters. The molecule has 0 spiro atoms. The maximum atomic E-state index is 14.1. The Balaban J connectivity index is 1.72. The van der Waals surface area contributed by atoms with Crippen molar-refractivity contribution in [1.82, 2.24) is 10.2 Å². The van der Waals surface area contributed by atoms with Crippen LogP contribution < -0.4 is 9.62 Å². The molecule has 3 aromatic rings. The van der Waals surface area contributed by atoms with Crippen LogP contribution in [0.4, 0.5) is 5.69 Å². The Bertz CT molecular complexity index is 1470. The molecule has 4 rings (SSSR count). The van der Waals surface area contributed by atoms with Crippen molar-refractivity contribution >= 4 is 50.7 Å². The minimum absolute atomic E-state index is 0.0511. The van der Waals surface area contributed by atoms with Gasteiger partial charge in [-0.2, -0.15) is 0 Å². The van der Waals surface area contributed by atoms with Gasteiger partial charge in [-0.25, -0.2) is 8.42 Å². The second kappa shape index (κ2) is 13.9. The minimum atomic E-state index is -4.14. The predicted octanol–water partition coefficient (Wildman–Crippen LogP) is 6.79. The van der Waals surface area contributed by atoms with Crippen molar-refractivity contribution in [3.63, 3.8) is 0 Å². The summed E-state index contributed by atoms with van der Waals surface area (Å²) in [6, 6.07) is 19.3. The molecule has 1 aliphatic rings. The van der Waals surface area contributed by atoms with E-state index in [1.165, 1.54) is 17.0 Å². The molecule has 1 fully saturated rings. The highest BCUT2D eigenvalue weighted by Crippen LogP contribution is 2.29. The molecule has 3 aromatic carbocycles. The molecule has 0 bridgehead atoms. The number of halogens is 2. The molecule has 0 aromatic heterocycles. The normalized spacial score (nSPS) is 14.5. The molecular formula is C32H37Cl2N3O4S. The lowest BCUT2D eigenvalue weighted by Crippen LogP contribution is -2.52. The van der Waals surface area contributed by atoms with E-state index in [9.17, 15) is 18.0 Å². The van der Waals surface area contributed by atoms with E-state index in [-0.39, 0.29) is 29.3 Å². The maximum absolute atomic E-state index is 14.1. The molecule has 42 heavy (non-hydrogen) atoms. The van der Waals surface area contributed by atoms with Gasteiger partial charge in [-0.1, -0.05) is 86.3 Å². The summed E-state index contributed by atoms with van der Waals surface area (Å²) in [5.74, 6) is -0.625. The van der Waals surface area contributed by atoms with Crippen molar-refractivity contribution in [2.75, 3.05) is 10.8 Å². The van der Waals surface area contributed by atoms with Crippen molar-refractivity contribution in [1.29, 1.82) is 0 Å². The number of amides is 2. The van der Waals surface area contributed by atoms with Gasteiger partial charge in [0.05, 0.1) is 10.6 Å². The molecular weight excluding hydrogens is 593 g/mol. The Hall–Kier alpha value is -3.07. The van der Waals surface area contributed by atoms with Crippen molar-refractivity contribution in [2.24, 2.45) is 0 Å². The first kappa shape index (κ1) is 31.9. The van der Waals surface area contributed by atoms with Crippen LogP contribution in [0.1, 0.15) is 63.5 Å². The Labute approximate surface area is 258 Å². The third kappa shape index (κ3) is 7.46. The number of nitrogens with zero attached hydrogens (tertiary/aromatic N) is 2. The SMILES string of the molecule is CC(C)c1ccc(N(CC(=O)N(Cc2c(Cl)cccc2Cl)C(C)C(=O)NC2CCCC2)S(=O)(=O)c2ccccc2)cc1. The molecule has 0 aliphatic heterocycles. The van der Waals surface area contributed by atoms with Crippen LogP contribution in [0.15, 0.2) is 77.7 Å². The molecule has 10 heteroatoms. The van der Waals surface area contributed by atoms with Crippen LogP contribution in [0.5, 0.6) is 0 Å². The van der Waals surface area contributed by atoms with Gasteiger partial charge in [0.1, 0.15) is 12.6 Å². The average Bonchev–Trinajstić information content (AvgIpc) is 3.49. The lowest BCUT2D eigenvalue weighted by atomic mass is 10.0. The zero-order chi connectivity index (χ0) is 30.4. The van der Waals surface area contributed by atoms with Crippen LogP contribution in [-0.4, -0.2) is 43.8 Å². The molecule has 7 nitrogen and oxygen atoms in total. The van der Waals surface area contributed by atoms with Crippen molar-refractivity contribution in [3.8, 4) is 0 Å². The second-order valence-corrected chi connectivity index (χ2v) is 13.6. The standard InChI is InChI=1S/C32H37Cl2N3O4S/c1-22(2)24-16-18-26(19-17-24)37(42(40,41)27-12-5-4-6-13-27)21-31(38)36(20-28-29(33)14-9-15-30(28)34)23(3)32(39)35-25-10-7-8-11-25/h4-6,9,12-19,22-23,25H,7-8,10-11,20-21H2,1-3H3,(H,35,39). The first-order valence-corrected chi connectivity index (χ1v) is 16.4. The van der Waals surface area contributed by atoms with Crippen molar-refractivity contribution in [3.05, 3.63) is 94.0 Å². The molecule has 1 atom stereocenters. The van der Waals surface area contributed by atoms with E-state index in [1.54, 1.807) is 55.5 Å². The first-order valence-electron chi connectivity index (χ1n) is 14.2. The third-order valence-electron chi connectivity index (χ3n) is 7.72. The highest BCUT2D eigenvalue weighted by atomic mass is 35.5. The largest absolute Gasteiger partial charge is 0.352 e. The zero-order valence-corrected chi connectivity index (χ0v) is 26.4. The van der Waals surface area contributed by atoms with Crippen LogP contribution in [0.2, 0.25) is 10.0 Å². The quantitative estimate of drug-likeness (QED) is 0.253. The Morgan fingerprint density at radius 3 is 2.05 bits per heavy atom. The van der Waals surface area contributed by atoms with E-state index in [0.29, 0.717) is 21.3 Å². The zero-order valence-electron chi connectivity index (χ0n) is 24.1. The van der Waals surface area contributed by atoms with E-state index in [0.717, 1.165) is 35.6 Å². The summed E-state index contributed by atoms with van der Waals surface area (Å²) < 4.78 is 29.0. The fourth-order valence-corrected chi connectivity index (χ4v) is 7.05. The summed E-state index contributed by atoms with van der Waals surface area (Å²) in [4.78, 5) is 28.9. The summed E-state index contributed by atoms with van der Waals surface area (Å²) in [5.41, 5.74) is 1.86. The molecule has 0 heterocycles. The van der Waals surface area contributed by atoms with E-state index >= 15 is 0 Å². The Kier molecular flexibility index (Phi) is 10.6. The molecule has 2 amide bonds. The van der Waals surface area contributed by atoms with Crippen LogP contribution >= 0.6 is 23.2 Å². The highest BCUT2D eigenvalue weighted by molar-refractivity contribution is 7.92. The molecule has 0 radical (unpaired) electrons. The maximum Gasteiger partial charge on any atom is 0.264 e. The summed E-state index contributed by atoms with van der Waals surface area (Å²) >= 11 is 12.9. The molecule has 224 valence electrons. The predicted molar refractivity (Wildman–Crippen MR) is 168 cm³/mol. The van der Waals surface area contributed by atoms with E-state index in [4.69, 9.17) is 23.2 Å². The minimum Gasteiger partial charge on any atom is -0.352 e.